The molecule has 0 heterocycles. The van der Waals surface area contributed by atoms with Crippen molar-refractivity contribution in [3.05, 3.63) is 0 Å². The van der Waals surface area contributed by atoms with E-state index in [-0.39, 0.29) is 0 Å². The molecule has 1 aliphatic rings. The van der Waals surface area contributed by atoms with Gasteiger partial charge < -0.3 is 4.43 Å². The maximum atomic E-state index is 6.80. The van der Waals surface area contributed by atoms with Gasteiger partial charge in [0.2, 0.25) is 0 Å². The second kappa shape index (κ2) is 12.5. The lowest BCUT2D eigenvalue weighted by atomic mass is 10.0. The Morgan fingerprint density at radius 2 is 1.39 bits per heavy atom. The Labute approximate surface area is 148 Å². The average molecular weight is 341 g/mol. The number of rotatable bonds is 13. The Bertz CT molecular complexity index is 271. The summed E-state index contributed by atoms with van der Waals surface area (Å²) in [7, 11) is -1.49. The van der Waals surface area contributed by atoms with E-state index in [1.54, 1.807) is 0 Å². The van der Waals surface area contributed by atoms with Gasteiger partial charge in [-0.1, -0.05) is 97.3 Å². The molecular formula is C21H44OSi. The van der Waals surface area contributed by atoms with Gasteiger partial charge in [-0.25, -0.2) is 0 Å². The Morgan fingerprint density at radius 1 is 0.783 bits per heavy atom. The lowest BCUT2D eigenvalue weighted by Gasteiger charge is -2.38. The maximum Gasteiger partial charge on any atom is 0.190 e. The molecule has 1 unspecified atom stereocenters. The van der Waals surface area contributed by atoms with Crippen LogP contribution >= 0.6 is 0 Å². The zero-order valence-corrected chi connectivity index (χ0v) is 17.7. The first-order valence-electron chi connectivity index (χ1n) is 10.8. The molecule has 0 aromatic rings. The highest BCUT2D eigenvalue weighted by atomic mass is 28.4. The van der Waals surface area contributed by atoms with Crippen LogP contribution in [-0.2, 0) is 4.43 Å². The first-order valence-corrected chi connectivity index (χ1v) is 13.8. The lowest BCUT2D eigenvalue weighted by molar-refractivity contribution is 0.158. The third-order valence-corrected chi connectivity index (χ3v) is 9.28. The van der Waals surface area contributed by atoms with Crippen molar-refractivity contribution in [2.45, 2.75) is 135 Å². The summed E-state index contributed by atoms with van der Waals surface area (Å²) in [4.78, 5) is 0. The van der Waals surface area contributed by atoms with Gasteiger partial charge in [0.15, 0.2) is 8.32 Å². The zero-order valence-electron chi connectivity index (χ0n) is 16.7. The summed E-state index contributed by atoms with van der Waals surface area (Å²) in [6, 6.07) is 0. The van der Waals surface area contributed by atoms with E-state index in [2.05, 4.69) is 26.9 Å². The van der Waals surface area contributed by atoms with Gasteiger partial charge >= 0.3 is 0 Å². The number of hydrogen-bond donors (Lipinski definition) is 0. The molecule has 1 aliphatic carbocycles. The molecule has 1 nitrogen and oxygen atoms in total. The van der Waals surface area contributed by atoms with E-state index < -0.39 is 8.32 Å². The van der Waals surface area contributed by atoms with Gasteiger partial charge in [0.1, 0.15) is 0 Å². The molecule has 2 heteroatoms. The van der Waals surface area contributed by atoms with Crippen LogP contribution in [0.5, 0.6) is 0 Å². The van der Waals surface area contributed by atoms with Crippen molar-refractivity contribution in [3.8, 4) is 0 Å². The summed E-state index contributed by atoms with van der Waals surface area (Å²) < 4.78 is 6.80. The summed E-state index contributed by atoms with van der Waals surface area (Å²) in [5.74, 6) is 0. The van der Waals surface area contributed by atoms with E-state index in [0.717, 1.165) is 5.54 Å². The molecular weight excluding hydrogens is 296 g/mol. The molecule has 0 aromatic carbocycles. The summed E-state index contributed by atoms with van der Waals surface area (Å²) in [6.07, 6.45) is 21.5. The lowest BCUT2D eigenvalue weighted by Crippen LogP contribution is -2.41. The summed E-state index contributed by atoms with van der Waals surface area (Å²) in [5, 5.41) is 0. The van der Waals surface area contributed by atoms with Gasteiger partial charge in [0.05, 0.1) is 0 Å². The molecule has 0 aromatic heterocycles. The number of hydrogen-bond acceptors (Lipinski definition) is 1. The molecule has 1 rings (SSSR count). The van der Waals surface area contributed by atoms with Crippen molar-refractivity contribution in [2.24, 2.45) is 0 Å². The first kappa shape index (κ1) is 21.2. The van der Waals surface area contributed by atoms with Crippen molar-refractivity contribution in [2.75, 3.05) is 0 Å². The van der Waals surface area contributed by atoms with Crippen LogP contribution in [0.2, 0.25) is 18.6 Å². The topological polar surface area (TPSA) is 9.23 Å². The fourth-order valence-electron chi connectivity index (χ4n) is 4.24. The van der Waals surface area contributed by atoms with Crippen molar-refractivity contribution < 1.29 is 4.43 Å². The van der Waals surface area contributed by atoms with E-state index >= 15 is 0 Å². The van der Waals surface area contributed by atoms with Crippen molar-refractivity contribution in [3.63, 3.8) is 0 Å². The minimum atomic E-state index is -1.49. The van der Waals surface area contributed by atoms with E-state index in [1.165, 1.54) is 96.3 Å². The average Bonchev–Trinajstić information content (AvgIpc) is 2.54. The van der Waals surface area contributed by atoms with Gasteiger partial charge in [0.25, 0.3) is 0 Å². The molecule has 1 saturated carbocycles. The quantitative estimate of drug-likeness (QED) is 0.245. The van der Waals surface area contributed by atoms with Crippen LogP contribution in [0.4, 0.5) is 0 Å². The third kappa shape index (κ3) is 9.29. The fourth-order valence-corrected chi connectivity index (χ4v) is 7.32. The second-order valence-electron chi connectivity index (χ2n) is 8.38. The molecule has 1 fully saturated rings. The van der Waals surface area contributed by atoms with Gasteiger partial charge in [0, 0.05) is 6.10 Å². The van der Waals surface area contributed by atoms with E-state index in [0.29, 0.717) is 6.10 Å². The summed E-state index contributed by atoms with van der Waals surface area (Å²) >= 11 is 0. The maximum absolute atomic E-state index is 6.80. The van der Waals surface area contributed by atoms with Gasteiger partial charge in [-0.3, -0.25) is 0 Å². The van der Waals surface area contributed by atoms with Crippen LogP contribution in [0.15, 0.2) is 0 Å². The van der Waals surface area contributed by atoms with Crippen LogP contribution in [0.3, 0.4) is 0 Å². The number of unbranched alkanes of at least 4 members (excludes halogenated alkanes) is 6. The summed E-state index contributed by atoms with van der Waals surface area (Å²) in [6.45, 7) is 9.60. The van der Waals surface area contributed by atoms with E-state index in [4.69, 9.17) is 4.43 Å². The van der Waals surface area contributed by atoms with Crippen LogP contribution in [-0.4, -0.2) is 14.4 Å². The van der Waals surface area contributed by atoms with Crippen LogP contribution in [0.1, 0.15) is 110 Å². The molecule has 0 N–H and O–H groups in total. The molecule has 0 spiro atoms. The van der Waals surface area contributed by atoms with Crippen molar-refractivity contribution in [1.82, 2.24) is 0 Å². The van der Waals surface area contributed by atoms with Crippen LogP contribution < -0.4 is 0 Å². The fraction of sp³-hybridized carbons (Fsp3) is 1.00. The monoisotopic (exact) mass is 340 g/mol. The van der Waals surface area contributed by atoms with Gasteiger partial charge in [-0.05, 0) is 31.5 Å². The molecule has 0 saturated heterocycles. The van der Waals surface area contributed by atoms with Gasteiger partial charge in [-0.15, -0.1) is 0 Å². The molecule has 0 aliphatic heterocycles. The molecule has 23 heavy (non-hydrogen) atoms. The molecule has 0 bridgehead atoms. The van der Waals surface area contributed by atoms with E-state index in [1.807, 2.05) is 0 Å². The van der Waals surface area contributed by atoms with E-state index in [9.17, 15) is 0 Å². The highest BCUT2D eigenvalue weighted by Crippen LogP contribution is 2.38. The van der Waals surface area contributed by atoms with Crippen molar-refractivity contribution >= 4 is 8.32 Å². The second-order valence-corrected chi connectivity index (χ2v) is 12.6. The van der Waals surface area contributed by atoms with Crippen molar-refractivity contribution in [1.29, 1.82) is 0 Å². The predicted molar refractivity (Wildman–Crippen MR) is 107 cm³/mol. The summed E-state index contributed by atoms with van der Waals surface area (Å²) in [5.41, 5.74) is 0.921. The van der Waals surface area contributed by atoms with Crippen LogP contribution in [0.25, 0.3) is 0 Å². The Morgan fingerprint density at radius 3 is 2.00 bits per heavy atom. The minimum absolute atomic E-state index is 0.555. The van der Waals surface area contributed by atoms with Gasteiger partial charge in [-0.2, -0.15) is 0 Å². The Balaban J connectivity index is 2.26. The first-order chi connectivity index (χ1) is 11.1. The molecule has 0 radical (unpaired) electrons. The Hall–Kier alpha value is 0.177. The van der Waals surface area contributed by atoms with Crippen LogP contribution in [0, 0.1) is 0 Å². The molecule has 138 valence electrons. The third-order valence-electron chi connectivity index (χ3n) is 5.80. The zero-order chi connectivity index (χ0) is 17.0. The standard InChI is InChI=1S/C21H44OSi/c1-5-7-8-9-10-11-13-17-20(16-6-2)22-23(3,4)21-18-14-12-15-19-21/h20-21H,5-19H2,1-4H3. The molecule has 0 amide bonds. The SMILES string of the molecule is CCCCCCCCCC(CCC)O[Si](C)(C)C1CCCCC1. The Kier molecular flexibility index (Phi) is 11.6. The predicted octanol–water partition coefficient (Wildman–Crippen LogP) is 7.85. The normalized spacial score (nSPS) is 18.3. The smallest absolute Gasteiger partial charge is 0.190 e. The minimum Gasteiger partial charge on any atom is -0.414 e. The largest absolute Gasteiger partial charge is 0.414 e. The highest BCUT2D eigenvalue weighted by molar-refractivity contribution is 6.72. The molecule has 1 atom stereocenters. The highest BCUT2D eigenvalue weighted by Gasteiger charge is 2.36.